The smallest absolute Gasteiger partial charge is 0.234 e. The Balaban J connectivity index is 1.80. The molecule has 0 radical (unpaired) electrons. The SMILES string of the molecule is COCCNCC(=O)NCc1nnc2ccccn12. The molecule has 0 saturated carbocycles. The first-order valence-corrected chi connectivity index (χ1v) is 6.06. The Morgan fingerprint density at radius 3 is 3.16 bits per heavy atom. The van der Waals surface area contributed by atoms with Gasteiger partial charge in [-0.1, -0.05) is 6.07 Å². The third-order valence-corrected chi connectivity index (χ3v) is 2.60. The fourth-order valence-electron chi connectivity index (χ4n) is 1.63. The molecule has 0 atom stereocenters. The summed E-state index contributed by atoms with van der Waals surface area (Å²) in [7, 11) is 1.62. The van der Waals surface area contributed by atoms with Crippen molar-refractivity contribution in [3.8, 4) is 0 Å². The Labute approximate surface area is 111 Å². The molecule has 7 nitrogen and oxygen atoms in total. The van der Waals surface area contributed by atoms with E-state index >= 15 is 0 Å². The van der Waals surface area contributed by atoms with Crippen LogP contribution in [-0.2, 0) is 16.1 Å². The summed E-state index contributed by atoms with van der Waals surface area (Å²) in [5.41, 5.74) is 0.768. The molecule has 7 heteroatoms. The maximum atomic E-state index is 11.6. The van der Waals surface area contributed by atoms with E-state index in [0.29, 0.717) is 25.5 Å². The molecule has 2 rings (SSSR count). The lowest BCUT2D eigenvalue weighted by molar-refractivity contribution is -0.120. The first-order chi connectivity index (χ1) is 9.31. The average Bonchev–Trinajstić information content (AvgIpc) is 2.85. The van der Waals surface area contributed by atoms with Crippen LogP contribution in [0.3, 0.4) is 0 Å². The number of ether oxygens (including phenoxy) is 1. The molecule has 0 bridgehead atoms. The molecule has 2 N–H and O–H groups in total. The molecule has 0 aliphatic heterocycles. The number of amides is 1. The molecule has 2 heterocycles. The maximum Gasteiger partial charge on any atom is 0.234 e. The van der Waals surface area contributed by atoms with E-state index in [4.69, 9.17) is 4.74 Å². The number of hydrogen-bond acceptors (Lipinski definition) is 5. The van der Waals surface area contributed by atoms with Gasteiger partial charge in [-0.05, 0) is 12.1 Å². The van der Waals surface area contributed by atoms with E-state index in [1.54, 1.807) is 7.11 Å². The summed E-state index contributed by atoms with van der Waals surface area (Å²) in [4.78, 5) is 11.6. The summed E-state index contributed by atoms with van der Waals surface area (Å²) >= 11 is 0. The fraction of sp³-hybridized carbons (Fsp3) is 0.417. The van der Waals surface area contributed by atoms with Gasteiger partial charge in [-0.25, -0.2) is 0 Å². The van der Waals surface area contributed by atoms with Crippen molar-refractivity contribution in [2.24, 2.45) is 0 Å². The quantitative estimate of drug-likeness (QED) is 0.663. The van der Waals surface area contributed by atoms with Gasteiger partial charge in [0.1, 0.15) is 0 Å². The number of methoxy groups -OCH3 is 1. The monoisotopic (exact) mass is 263 g/mol. The van der Waals surface area contributed by atoms with Crippen LogP contribution in [0.15, 0.2) is 24.4 Å². The largest absolute Gasteiger partial charge is 0.383 e. The summed E-state index contributed by atoms with van der Waals surface area (Å²) in [6.07, 6.45) is 1.87. The number of carbonyl (C=O) groups excluding carboxylic acids is 1. The van der Waals surface area contributed by atoms with Crippen LogP contribution >= 0.6 is 0 Å². The zero-order valence-corrected chi connectivity index (χ0v) is 10.8. The van der Waals surface area contributed by atoms with Gasteiger partial charge in [0.2, 0.25) is 5.91 Å². The van der Waals surface area contributed by atoms with E-state index in [1.807, 2.05) is 28.8 Å². The van der Waals surface area contributed by atoms with Crippen molar-refractivity contribution in [1.29, 1.82) is 0 Å². The van der Waals surface area contributed by atoms with Crippen molar-refractivity contribution in [1.82, 2.24) is 25.2 Å². The van der Waals surface area contributed by atoms with Crippen LogP contribution in [0.2, 0.25) is 0 Å². The molecule has 1 amide bonds. The average molecular weight is 263 g/mol. The molecule has 0 aliphatic carbocycles. The number of fused-ring (bicyclic) bond motifs is 1. The van der Waals surface area contributed by atoms with Crippen LogP contribution in [-0.4, -0.2) is 47.3 Å². The van der Waals surface area contributed by atoms with Crippen molar-refractivity contribution in [3.05, 3.63) is 30.2 Å². The number of aromatic nitrogens is 3. The standard InChI is InChI=1S/C12H17N5O2/c1-19-7-5-13-9-12(18)14-8-11-16-15-10-4-2-3-6-17(10)11/h2-4,6,13H,5,7-9H2,1H3,(H,14,18). The van der Waals surface area contributed by atoms with Gasteiger partial charge >= 0.3 is 0 Å². The lowest BCUT2D eigenvalue weighted by Crippen LogP contribution is -2.35. The molecule has 0 aromatic carbocycles. The summed E-state index contributed by atoms with van der Waals surface area (Å²) in [5, 5.41) is 13.8. The zero-order valence-electron chi connectivity index (χ0n) is 10.8. The minimum atomic E-state index is -0.0798. The molecule has 102 valence electrons. The molecule has 2 aromatic heterocycles. The van der Waals surface area contributed by atoms with Gasteiger partial charge in [0.05, 0.1) is 19.7 Å². The van der Waals surface area contributed by atoms with Gasteiger partial charge in [0, 0.05) is 19.9 Å². The highest BCUT2D eigenvalue weighted by atomic mass is 16.5. The van der Waals surface area contributed by atoms with Crippen LogP contribution in [0.4, 0.5) is 0 Å². The first-order valence-electron chi connectivity index (χ1n) is 6.06. The molecular formula is C12H17N5O2. The summed E-state index contributed by atoms with van der Waals surface area (Å²) in [6.45, 7) is 1.86. The van der Waals surface area contributed by atoms with E-state index in [0.717, 1.165) is 5.65 Å². The second-order valence-electron chi connectivity index (χ2n) is 3.99. The molecular weight excluding hydrogens is 246 g/mol. The predicted octanol–water partition coefficient (Wildman–Crippen LogP) is -0.418. The fourth-order valence-corrected chi connectivity index (χ4v) is 1.63. The summed E-state index contributed by atoms with van der Waals surface area (Å²) in [6, 6.07) is 5.66. The topological polar surface area (TPSA) is 80.5 Å². The molecule has 0 aliphatic rings. The van der Waals surface area contributed by atoms with Gasteiger partial charge < -0.3 is 15.4 Å². The predicted molar refractivity (Wildman–Crippen MR) is 69.6 cm³/mol. The van der Waals surface area contributed by atoms with Crippen LogP contribution in [0.5, 0.6) is 0 Å². The second-order valence-corrected chi connectivity index (χ2v) is 3.99. The van der Waals surface area contributed by atoms with E-state index in [2.05, 4.69) is 20.8 Å². The van der Waals surface area contributed by atoms with Crippen LogP contribution in [0.1, 0.15) is 5.82 Å². The molecule has 19 heavy (non-hydrogen) atoms. The van der Waals surface area contributed by atoms with Gasteiger partial charge in [-0.3, -0.25) is 9.20 Å². The highest BCUT2D eigenvalue weighted by molar-refractivity contribution is 5.77. The number of pyridine rings is 1. The summed E-state index contributed by atoms with van der Waals surface area (Å²) in [5.74, 6) is 0.629. The van der Waals surface area contributed by atoms with Gasteiger partial charge in [0.25, 0.3) is 0 Å². The third kappa shape index (κ3) is 3.73. The number of nitrogens with one attached hydrogen (secondary N) is 2. The minimum absolute atomic E-state index is 0.0798. The van der Waals surface area contributed by atoms with Crippen molar-refractivity contribution < 1.29 is 9.53 Å². The Hall–Kier alpha value is -1.99. The molecule has 2 aromatic rings. The van der Waals surface area contributed by atoms with Crippen LogP contribution < -0.4 is 10.6 Å². The highest BCUT2D eigenvalue weighted by Gasteiger charge is 2.06. The molecule has 0 saturated heterocycles. The number of nitrogens with zero attached hydrogens (tertiary/aromatic N) is 3. The Bertz CT molecular complexity index is 540. The number of hydrogen-bond donors (Lipinski definition) is 2. The minimum Gasteiger partial charge on any atom is -0.383 e. The van der Waals surface area contributed by atoms with Crippen molar-refractivity contribution in [2.45, 2.75) is 6.54 Å². The molecule has 0 fully saturated rings. The van der Waals surface area contributed by atoms with Crippen molar-refractivity contribution in [3.63, 3.8) is 0 Å². The van der Waals surface area contributed by atoms with Crippen molar-refractivity contribution >= 4 is 11.6 Å². The highest BCUT2D eigenvalue weighted by Crippen LogP contribution is 2.01. The van der Waals surface area contributed by atoms with E-state index in [1.165, 1.54) is 0 Å². The summed E-state index contributed by atoms with van der Waals surface area (Å²) < 4.78 is 6.72. The number of carbonyl (C=O) groups is 1. The Morgan fingerprint density at radius 1 is 1.42 bits per heavy atom. The number of rotatable bonds is 7. The van der Waals surface area contributed by atoms with Crippen molar-refractivity contribution in [2.75, 3.05) is 26.8 Å². The maximum absolute atomic E-state index is 11.6. The first kappa shape index (κ1) is 13.4. The Kier molecular flexibility index (Phi) is 4.82. The van der Waals surface area contributed by atoms with E-state index in [9.17, 15) is 4.79 Å². The van der Waals surface area contributed by atoms with E-state index < -0.39 is 0 Å². The normalized spacial score (nSPS) is 10.8. The van der Waals surface area contributed by atoms with Gasteiger partial charge in [-0.15, -0.1) is 10.2 Å². The lowest BCUT2D eigenvalue weighted by atomic mass is 10.4. The van der Waals surface area contributed by atoms with Crippen LogP contribution in [0, 0.1) is 0 Å². The molecule has 0 unspecified atom stereocenters. The van der Waals surface area contributed by atoms with Crippen LogP contribution in [0.25, 0.3) is 5.65 Å². The molecule has 0 spiro atoms. The van der Waals surface area contributed by atoms with Gasteiger partial charge in [0.15, 0.2) is 11.5 Å². The second kappa shape index (κ2) is 6.81. The van der Waals surface area contributed by atoms with E-state index in [-0.39, 0.29) is 12.5 Å². The third-order valence-electron chi connectivity index (χ3n) is 2.60. The zero-order chi connectivity index (χ0) is 13.5. The Morgan fingerprint density at radius 2 is 2.32 bits per heavy atom. The lowest BCUT2D eigenvalue weighted by Gasteiger charge is -2.05. The van der Waals surface area contributed by atoms with Gasteiger partial charge in [-0.2, -0.15) is 0 Å².